The fraction of sp³-hybridized carbons (Fsp3) is 0.0435. The van der Waals surface area contributed by atoms with Crippen LogP contribution in [-0.2, 0) is 4.79 Å². The first-order valence-electron chi connectivity index (χ1n) is 9.21. The SMILES string of the molecule is O=C(COc1ccc([N+](=O)[O-])cc1)N/N=C/c1c2ccccc2cc2ccccc12. The number of hydrazone groups is 1. The molecule has 148 valence electrons. The number of ether oxygens (including phenoxy) is 1. The van der Waals surface area contributed by atoms with Crippen LogP contribution in [0.25, 0.3) is 21.5 Å². The maximum Gasteiger partial charge on any atom is 0.277 e. The molecule has 0 unspecified atom stereocenters. The van der Waals surface area contributed by atoms with Crippen molar-refractivity contribution in [1.29, 1.82) is 0 Å². The van der Waals surface area contributed by atoms with Gasteiger partial charge in [0.15, 0.2) is 6.61 Å². The average molecular weight is 399 g/mol. The van der Waals surface area contributed by atoms with Crippen molar-refractivity contribution in [2.45, 2.75) is 0 Å². The number of hydrogen-bond acceptors (Lipinski definition) is 5. The molecular weight excluding hydrogens is 382 g/mol. The first-order chi connectivity index (χ1) is 14.6. The van der Waals surface area contributed by atoms with Gasteiger partial charge in [0.25, 0.3) is 11.6 Å². The van der Waals surface area contributed by atoms with Crippen molar-refractivity contribution >= 4 is 39.4 Å². The van der Waals surface area contributed by atoms with Gasteiger partial charge >= 0.3 is 0 Å². The van der Waals surface area contributed by atoms with E-state index in [1.807, 2.05) is 48.5 Å². The minimum absolute atomic E-state index is 0.0429. The highest BCUT2D eigenvalue weighted by atomic mass is 16.6. The number of fused-ring (bicyclic) bond motifs is 2. The molecule has 0 spiro atoms. The third-order valence-corrected chi connectivity index (χ3v) is 4.61. The summed E-state index contributed by atoms with van der Waals surface area (Å²) in [4.78, 5) is 22.2. The van der Waals surface area contributed by atoms with E-state index in [4.69, 9.17) is 4.74 Å². The summed E-state index contributed by atoms with van der Waals surface area (Å²) in [6.45, 7) is -0.258. The molecule has 0 aliphatic heterocycles. The molecule has 1 amide bonds. The third kappa shape index (κ3) is 4.10. The molecule has 7 nitrogen and oxygen atoms in total. The van der Waals surface area contributed by atoms with Crippen LogP contribution in [0.2, 0.25) is 0 Å². The van der Waals surface area contributed by atoms with Crippen LogP contribution >= 0.6 is 0 Å². The number of nitro benzene ring substituents is 1. The predicted octanol–water partition coefficient (Wildman–Crippen LogP) is 4.43. The van der Waals surface area contributed by atoms with Gasteiger partial charge in [-0.2, -0.15) is 5.10 Å². The first-order valence-corrected chi connectivity index (χ1v) is 9.21. The summed E-state index contributed by atoms with van der Waals surface area (Å²) in [7, 11) is 0. The summed E-state index contributed by atoms with van der Waals surface area (Å²) in [5, 5.41) is 19.0. The van der Waals surface area contributed by atoms with Gasteiger partial charge in [0.05, 0.1) is 11.1 Å². The Kier molecular flexibility index (Phi) is 5.34. The molecule has 0 atom stereocenters. The summed E-state index contributed by atoms with van der Waals surface area (Å²) in [6.07, 6.45) is 1.63. The van der Waals surface area contributed by atoms with E-state index in [9.17, 15) is 14.9 Å². The molecule has 4 aromatic rings. The molecule has 0 aliphatic carbocycles. The molecular formula is C23H17N3O4. The van der Waals surface area contributed by atoms with E-state index in [0.29, 0.717) is 5.75 Å². The second-order valence-corrected chi connectivity index (χ2v) is 6.57. The number of nitrogens with zero attached hydrogens (tertiary/aromatic N) is 2. The van der Waals surface area contributed by atoms with E-state index in [2.05, 4.69) is 16.6 Å². The molecule has 0 fully saturated rings. The zero-order valence-corrected chi connectivity index (χ0v) is 15.8. The minimum Gasteiger partial charge on any atom is -0.484 e. The van der Waals surface area contributed by atoms with Crippen molar-refractivity contribution in [3.8, 4) is 5.75 Å². The topological polar surface area (TPSA) is 93.8 Å². The van der Waals surface area contributed by atoms with Crippen LogP contribution in [0.3, 0.4) is 0 Å². The Morgan fingerprint density at radius 1 is 0.967 bits per heavy atom. The van der Waals surface area contributed by atoms with Crippen molar-refractivity contribution in [2.24, 2.45) is 5.10 Å². The molecule has 4 aromatic carbocycles. The minimum atomic E-state index is -0.498. The van der Waals surface area contributed by atoms with Crippen molar-refractivity contribution in [1.82, 2.24) is 5.43 Å². The lowest BCUT2D eigenvalue weighted by molar-refractivity contribution is -0.384. The van der Waals surface area contributed by atoms with Crippen LogP contribution in [0.5, 0.6) is 5.75 Å². The van der Waals surface area contributed by atoms with E-state index >= 15 is 0 Å². The second kappa shape index (κ2) is 8.40. The maximum atomic E-state index is 12.1. The summed E-state index contributed by atoms with van der Waals surface area (Å²) < 4.78 is 5.34. The maximum absolute atomic E-state index is 12.1. The monoisotopic (exact) mass is 399 g/mol. The Morgan fingerprint density at radius 3 is 2.17 bits per heavy atom. The van der Waals surface area contributed by atoms with Crippen LogP contribution in [0, 0.1) is 10.1 Å². The van der Waals surface area contributed by atoms with Crippen LogP contribution in [0.4, 0.5) is 5.69 Å². The fourth-order valence-electron chi connectivity index (χ4n) is 3.20. The normalized spacial score (nSPS) is 11.1. The van der Waals surface area contributed by atoms with Crippen molar-refractivity contribution in [3.63, 3.8) is 0 Å². The highest BCUT2D eigenvalue weighted by Crippen LogP contribution is 2.27. The highest BCUT2D eigenvalue weighted by molar-refractivity contribution is 6.13. The van der Waals surface area contributed by atoms with Gasteiger partial charge in [0, 0.05) is 17.7 Å². The Balaban J connectivity index is 1.46. The molecule has 0 aromatic heterocycles. The number of carbonyl (C=O) groups is 1. The lowest BCUT2D eigenvalue weighted by Gasteiger charge is -2.08. The summed E-state index contributed by atoms with van der Waals surface area (Å²) in [6, 6.07) is 23.6. The fourth-order valence-corrected chi connectivity index (χ4v) is 3.20. The molecule has 0 aliphatic rings. The van der Waals surface area contributed by atoms with E-state index in [1.54, 1.807) is 6.21 Å². The van der Waals surface area contributed by atoms with Gasteiger partial charge in [-0.1, -0.05) is 48.5 Å². The molecule has 30 heavy (non-hydrogen) atoms. The Labute approximate surface area is 171 Å². The summed E-state index contributed by atoms with van der Waals surface area (Å²) >= 11 is 0. The van der Waals surface area contributed by atoms with Gasteiger partial charge in [0.2, 0.25) is 0 Å². The number of amides is 1. The highest BCUT2D eigenvalue weighted by Gasteiger charge is 2.07. The molecule has 0 saturated carbocycles. The number of nitrogens with one attached hydrogen (secondary N) is 1. The summed E-state index contributed by atoms with van der Waals surface area (Å²) in [5.74, 6) is -0.0751. The van der Waals surface area contributed by atoms with Crippen LogP contribution < -0.4 is 10.2 Å². The molecule has 0 heterocycles. The third-order valence-electron chi connectivity index (χ3n) is 4.61. The molecule has 0 radical (unpaired) electrons. The predicted molar refractivity (Wildman–Crippen MR) is 116 cm³/mol. The number of benzene rings is 4. The van der Waals surface area contributed by atoms with Crippen molar-refractivity contribution < 1.29 is 14.5 Å². The number of non-ortho nitro benzene ring substituents is 1. The van der Waals surface area contributed by atoms with E-state index < -0.39 is 10.8 Å². The van der Waals surface area contributed by atoms with E-state index in [1.165, 1.54) is 24.3 Å². The van der Waals surface area contributed by atoms with Crippen molar-refractivity contribution in [2.75, 3.05) is 6.61 Å². The van der Waals surface area contributed by atoms with Gasteiger partial charge in [-0.3, -0.25) is 14.9 Å². The van der Waals surface area contributed by atoms with Gasteiger partial charge < -0.3 is 4.74 Å². The number of carbonyl (C=O) groups excluding carboxylic acids is 1. The first kappa shape index (κ1) is 19.1. The summed E-state index contributed by atoms with van der Waals surface area (Å²) in [5.41, 5.74) is 3.33. The lowest BCUT2D eigenvalue weighted by Crippen LogP contribution is -2.24. The number of hydrogen-bond donors (Lipinski definition) is 1. The molecule has 7 heteroatoms. The molecule has 4 rings (SSSR count). The van der Waals surface area contributed by atoms with Gasteiger partial charge in [-0.05, 0) is 39.7 Å². The average Bonchev–Trinajstić information content (AvgIpc) is 2.77. The van der Waals surface area contributed by atoms with Crippen LogP contribution in [0.1, 0.15) is 5.56 Å². The van der Waals surface area contributed by atoms with Crippen LogP contribution in [0.15, 0.2) is 84.0 Å². The molecule has 0 bridgehead atoms. The van der Waals surface area contributed by atoms with Gasteiger partial charge in [-0.25, -0.2) is 5.43 Å². The zero-order chi connectivity index (χ0) is 20.9. The van der Waals surface area contributed by atoms with Crippen molar-refractivity contribution in [3.05, 3.63) is 94.5 Å². The molecule has 1 N–H and O–H groups in total. The quantitative estimate of drug-likeness (QED) is 0.225. The Bertz CT molecular complexity index is 1210. The molecule has 0 saturated heterocycles. The zero-order valence-electron chi connectivity index (χ0n) is 15.8. The van der Waals surface area contributed by atoms with Gasteiger partial charge in [-0.15, -0.1) is 0 Å². The standard InChI is InChI=1S/C23H17N3O4/c27-23(15-30-19-11-9-18(10-12-19)26(28)29)25-24-14-22-20-7-3-1-5-16(20)13-17-6-2-4-8-21(17)22/h1-14H,15H2,(H,25,27)/b24-14+. The number of nitro groups is 1. The Morgan fingerprint density at radius 2 is 1.57 bits per heavy atom. The van der Waals surface area contributed by atoms with E-state index in [-0.39, 0.29) is 12.3 Å². The second-order valence-electron chi connectivity index (χ2n) is 6.57. The van der Waals surface area contributed by atoms with Gasteiger partial charge in [0.1, 0.15) is 5.75 Å². The largest absolute Gasteiger partial charge is 0.484 e. The lowest BCUT2D eigenvalue weighted by atomic mass is 9.97. The Hall–Kier alpha value is -4.26. The number of rotatable bonds is 6. The van der Waals surface area contributed by atoms with Crippen LogP contribution in [-0.4, -0.2) is 23.7 Å². The van der Waals surface area contributed by atoms with E-state index in [0.717, 1.165) is 27.1 Å². The smallest absolute Gasteiger partial charge is 0.277 e.